The third-order valence-electron chi connectivity index (χ3n) is 11.9. The number of aromatic amines is 1. The lowest BCUT2D eigenvalue weighted by molar-refractivity contribution is -0.136. The van der Waals surface area contributed by atoms with Crippen LogP contribution in [-0.2, 0) is 52.8 Å². The highest BCUT2D eigenvalue weighted by Crippen LogP contribution is 2.24. The van der Waals surface area contributed by atoms with Crippen molar-refractivity contribution in [2.24, 2.45) is 11.5 Å². The summed E-state index contributed by atoms with van der Waals surface area (Å²) in [6, 6.07) is 11.3. The highest BCUT2D eigenvalue weighted by molar-refractivity contribution is 8.76. The van der Waals surface area contributed by atoms with Gasteiger partial charge in [0.15, 0.2) is 0 Å². The number of unbranched alkanes of at least 4 members (excludes halogenated alkanes) is 1. The number of nitrogens with two attached hydrogens (primary N) is 2. The molecule has 0 spiro atoms. The molecule has 0 radical (unpaired) electrons. The second-order valence-corrected chi connectivity index (χ2v) is 20.2. The van der Waals surface area contributed by atoms with Gasteiger partial charge in [0.25, 0.3) is 0 Å². The van der Waals surface area contributed by atoms with Gasteiger partial charge in [-0.1, -0.05) is 82.3 Å². The molecular weight excluding hydrogens is 969 g/mol. The molecule has 390 valence electrons. The van der Waals surface area contributed by atoms with Crippen molar-refractivity contribution in [2.75, 3.05) is 24.7 Å². The van der Waals surface area contributed by atoms with Gasteiger partial charge >= 0.3 is 0 Å². The van der Waals surface area contributed by atoms with Crippen LogP contribution in [0, 0.1) is 0 Å². The van der Waals surface area contributed by atoms with Crippen LogP contribution in [0.1, 0.15) is 49.8 Å². The smallest absolute Gasteiger partial charge is 0.245 e. The number of nitrogens with one attached hydrogen (secondary N) is 8. The summed E-state index contributed by atoms with van der Waals surface area (Å²) in [6.07, 6.45) is -0.426. The molecule has 23 heteroatoms. The SMILES string of the molecule is C[C@@H](O)[C@@H]1NC(=O)C(CCCCN)NC(=O)C(Cc2c[nH]c3ccccc23)NC(=O)[C@H](Cc2ccc(O)cc2)NC(=O)C(NC(=O)[C@H](N)Cc2ccccc2)CSSC[C@@H](C(=O)N[C@H](CO)[C@@H](C)O)NC1=O. The molecule has 16 N–H and O–H groups in total. The van der Waals surface area contributed by atoms with E-state index in [9.17, 15) is 54.0 Å². The molecule has 1 aromatic heterocycles. The number of rotatable bonds is 17. The van der Waals surface area contributed by atoms with Gasteiger partial charge in [-0.3, -0.25) is 33.6 Å². The second-order valence-electron chi connectivity index (χ2n) is 17.7. The van der Waals surface area contributed by atoms with Crippen molar-refractivity contribution < 1.29 is 54.0 Å². The van der Waals surface area contributed by atoms with Crippen LogP contribution in [-0.4, -0.2) is 152 Å². The monoisotopic (exact) mass is 1030 g/mol. The molecule has 2 heterocycles. The second kappa shape index (κ2) is 28.1. The Balaban J connectivity index is 1.57. The molecule has 72 heavy (non-hydrogen) atoms. The number of H-pyrrole nitrogens is 1. The van der Waals surface area contributed by atoms with Gasteiger partial charge in [-0.15, -0.1) is 0 Å². The van der Waals surface area contributed by atoms with E-state index in [4.69, 9.17) is 11.5 Å². The number of hydrogen-bond donors (Lipinski definition) is 14. The number of fused-ring (bicyclic) bond motifs is 1. The number of phenols is 1. The molecule has 21 nitrogen and oxygen atoms in total. The quantitative estimate of drug-likeness (QED) is 0.0441. The Morgan fingerprint density at radius 2 is 1.36 bits per heavy atom. The maximum atomic E-state index is 14.7. The van der Waals surface area contributed by atoms with Gasteiger partial charge in [0.2, 0.25) is 41.4 Å². The number of carbonyl (C=O) groups is 7. The number of amides is 7. The van der Waals surface area contributed by atoms with Crippen LogP contribution in [0.5, 0.6) is 5.75 Å². The molecule has 1 aliphatic heterocycles. The van der Waals surface area contributed by atoms with E-state index in [1.807, 2.05) is 24.3 Å². The Morgan fingerprint density at radius 1 is 0.736 bits per heavy atom. The Morgan fingerprint density at radius 3 is 2.03 bits per heavy atom. The molecule has 1 fully saturated rings. The molecule has 3 aromatic carbocycles. The van der Waals surface area contributed by atoms with E-state index in [0.29, 0.717) is 24.0 Å². The molecule has 5 rings (SSSR count). The predicted molar refractivity (Wildman–Crippen MR) is 274 cm³/mol. The lowest BCUT2D eigenvalue weighted by Crippen LogP contribution is -2.62. The van der Waals surface area contributed by atoms with Gasteiger partial charge in [-0.25, -0.2) is 0 Å². The summed E-state index contributed by atoms with van der Waals surface area (Å²) in [4.78, 5) is 103. The molecule has 1 aliphatic rings. The summed E-state index contributed by atoms with van der Waals surface area (Å²) >= 11 is 0. The van der Waals surface area contributed by atoms with Crippen molar-refractivity contribution in [1.29, 1.82) is 0 Å². The van der Waals surface area contributed by atoms with E-state index < -0.39 is 108 Å². The molecule has 4 aromatic rings. The van der Waals surface area contributed by atoms with Crippen molar-refractivity contribution in [1.82, 2.24) is 42.2 Å². The number of phenolic OH excluding ortho intramolecular Hbond substituents is 1. The zero-order valence-electron chi connectivity index (χ0n) is 40.0. The van der Waals surface area contributed by atoms with Crippen LogP contribution in [0.2, 0.25) is 0 Å². The van der Waals surface area contributed by atoms with Crippen molar-refractivity contribution in [3.63, 3.8) is 0 Å². The van der Waals surface area contributed by atoms with E-state index in [0.717, 1.165) is 38.1 Å². The Bertz CT molecular complexity index is 2450. The Kier molecular flexibility index (Phi) is 22.2. The number of aliphatic hydroxyl groups excluding tert-OH is 3. The first-order chi connectivity index (χ1) is 34.5. The molecule has 0 saturated carbocycles. The molecular formula is C49H66N10O11S2. The first-order valence-corrected chi connectivity index (χ1v) is 26.1. The molecule has 7 amide bonds. The zero-order chi connectivity index (χ0) is 52.3. The molecule has 1 saturated heterocycles. The lowest BCUT2D eigenvalue weighted by atomic mass is 10.0. The van der Waals surface area contributed by atoms with Gasteiger partial charge in [0, 0.05) is 41.4 Å². The highest BCUT2D eigenvalue weighted by Gasteiger charge is 2.36. The summed E-state index contributed by atoms with van der Waals surface area (Å²) in [5.74, 6) is -6.33. The van der Waals surface area contributed by atoms with Crippen LogP contribution in [0.15, 0.2) is 85.1 Å². The van der Waals surface area contributed by atoms with E-state index >= 15 is 0 Å². The number of carbonyl (C=O) groups excluding carboxylic acids is 7. The minimum Gasteiger partial charge on any atom is -0.508 e. The fourth-order valence-electron chi connectivity index (χ4n) is 7.75. The van der Waals surface area contributed by atoms with Gasteiger partial charge in [0.05, 0.1) is 30.9 Å². The Hall–Kier alpha value is -6.21. The third kappa shape index (κ3) is 17.0. The molecule has 3 unspecified atom stereocenters. The van der Waals surface area contributed by atoms with E-state index in [1.54, 1.807) is 48.7 Å². The number of aliphatic hydroxyl groups is 3. The number of benzene rings is 3. The summed E-state index contributed by atoms with van der Waals surface area (Å²) < 4.78 is 0. The highest BCUT2D eigenvalue weighted by atomic mass is 33.1. The minimum absolute atomic E-state index is 0.0130. The maximum Gasteiger partial charge on any atom is 0.245 e. The fraction of sp³-hybridized carbons (Fsp3) is 0.449. The molecule has 10 atom stereocenters. The first-order valence-electron chi connectivity index (χ1n) is 23.6. The summed E-state index contributed by atoms with van der Waals surface area (Å²) in [7, 11) is 2.01. The van der Waals surface area contributed by atoms with Crippen LogP contribution in [0.4, 0.5) is 0 Å². The minimum atomic E-state index is -1.68. The number of aromatic hydroxyl groups is 1. The summed E-state index contributed by atoms with van der Waals surface area (Å²) in [6.45, 7) is 2.18. The number of hydrogen-bond acceptors (Lipinski definition) is 15. The summed E-state index contributed by atoms with van der Waals surface area (Å²) in [5.41, 5.74) is 14.8. The average Bonchev–Trinajstić information content (AvgIpc) is 3.77. The van der Waals surface area contributed by atoms with Gasteiger partial charge in [-0.2, -0.15) is 0 Å². The average molecular weight is 1040 g/mol. The predicted octanol–water partition coefficient (Wildman–Crippen LogP) is -1.10. The van der Waals surface area contributed by atoms with E-state index in [1.165, 1.54) is 26.0 Å². The van der Waals surface area contributed by atoms with Gasteiger partial charge < -0.3 is 74.1 Å². The fourth-order valence-corrected chi connectivity index (χ4v) is 10.1. The first kappa shape index (κ1) is 56.7. The van der Waals surface area contributed by atoms with Crippen molar-refractivity contribution >= 4 is 73.8 Å². The van der Waals surface area contributed by atoms with Crippen molar-refractivity contribution in [3.8, 4) is 5.75 Å². The lowest BCUT2D eigenvalue weighted by Gasteiger charge is -2.29. The van der Waals surface area contributed by atoms with Gasteiger partial charge in [0.1, 0.15) is 42.0 Å². The normalized spacial score (nSPS) is 22.7. The van der Waals surface area contributed by atoms with Gasteiger partial charge in [-0.05, 0) is 81.0 Å². The molecule has 0 bridgehead atoms. The van der Waals surface area contributed by atoms with Crippen molar-refractivity contribution in [3.05, 3.63) is 102 Å². The maximum absolute atomic E-state index is 14.7. The van der Waals surface area contributed by atoms with E-state index in [-0.39, 0.29) is 49.5 Å². The third-order valence-corrected chi connectivity index (χ3v) is 14.4. The Labute approximate surface area is 424 Å². The number of aromatic nitrogens is 1. The largest absolute Gasteiger partial charge is 0.508 e. The van der Waals surface area contributed by atoms with Crippen LogP contribution in [0.25, 0.3) is 10.9 Å². The van der Waals surface area contributed by atoms with Crippen LogP contribution >= 0.6 is 21.6 Å². The topological polar surface area (TPSA) is 352 Å². The number of para-hydroxylation sites is 1. The zero-order valence-corrected chi connectivity index (χ0v) is 41.7. The van der Waals surface area contributed by atoms with Crippen LogP contribution in [0.3, 0.4) is 0 Å². The van der Waals surface area contributed by atoms with Crippen LogP contribution < -0.4 is 48.7 Å². The molecule has 0 aliphatic carbocycles. The van der Waals surface area contributed by atoms with E-state index in [2.05, 4.69) is 42.2 Å². The van der Waals surface area contributed by atoms with Crippen molar-refractivity contribution in [2.45, 2.75) is 113 Å². The summed E-state index contributed by atoms with van der Waals surface area (Å²) in [5, 5.41) is 60.4. The standard InChI is InChI=1S/C49H66N10O11S2/c1-27(61)39(24-60)56-48(69)41-26-72-71-25-40(57-43(64)34(51)20-29-10-4-3-5-11-29)47(68)54-37(21-30-15-17-32(63)18-16-30)45(66)55-38(22-31-23-52-35-13-7-6-12-33(31)35)46(67)53-36(14-8-9-19-50)44(65)59-42(28(2)62)49(70)58-41/h3-7,10-13,15-18,23,27-28,34,36-42,52,60-63H,8-9,14,19-22,24-26,50-51H2,1-2H3,(H,53,67)(H,54,68)(H,55,66)(H,56,69)(H,57,64)(H,58,70)(H,59,65)/t27-,28-,34-,36?,37+,38?,39-,40?,41+,42+/m1/s1.